The lowest BCUT2D eigenvalue weighted by Gasteiger charge is -2.48. The number of nitrogens with zero attached hydrogens (tertiary/aromatic N) is 2. The molecule has 2 heterocycles. The largest absolute Gasteiger partial charge is 0.301 e. The third-order valence-electron chi connectivity index (χ3n) is 5.11. The third-order valence-corrected chi connectivity index (χ3v) is 5.11. The first-order valence-corrected chi connectivity index (χ1v) is 7.95. The van der Waals surface area contributed by atoms with Crippen LogP contribution in [-0.2, 0) is 0 Å². The van der Waals surface area contributed by atoms with Gasteiger partial charge in [0, 0.05) is 12.6 Å². The van der Waals surface area contributed by atoms with Crippen LogP contribution in [0.3, 0.4) is 0 Å². The van der Waals surface area contributed by atoms with Gasteiger partial charge in [0.15, 0.2) is 0 Å². The van der Waals surface area contributed by atoms with Gasteiger partial charge in [0.2, 0.25) is 0 Å². The van der Waals surface area contributed by atoms with Crippen LogP contribution in [0.5, 0.6) is 0 Å². The highest BCUT2D eigenvalue weighted by atomic mass is 19.1. The first-order chi connectivity index (χ1) is 8.80. The van der Waals surface area contributed by atoms with E-state index in [0.717, 1.165) is 13.1 Å². The molecule has 0 amide bonds. The van der Waals surface area contributed by atoms with E-state index in [1.165, 1.54) is 38.8 Å². The molecule has 2 rings (SSSR count). The van der Waals surface area contributed by atoms with Crippen molar-refractivity contribution in [3.8, 4) is 0 Å². The van der Waals surface area contributed by atoms with Crippen LogP contribution >= 0.6 is 0 Å². The van der Waals surface area contributed by atoms with E-state index < -0.39 is 5.67 Å². The molecule has 0 N–H and O–H groups in total. The molecule has 2 aliphatic heterocycles. The SMILES string of the molecule is CC(C)N1CCC2(CCN(CC(C)(C)F)CC2)CC1. The van der Waals surface area contributed by atoms with Gasteiger partial charge in [-0.2, -0.15) is 0 Å². The van der Waals surface area contributed by atoms with Crippen molar-refractivity contribution in [1.82, 2.24) is 9.80 Å². The van der Waals surface area contributed by atoms with Gasteiger partial charge in [-0.25, -0.2) is 4.39 Å². The molecule has 0 atom stereocenters. The highest BCUT2D eigenvalue weighted by Crippen LogP contribution is 2.41. The molecule has 0 aliphatic carbocycles. The lowest BCUT2D eigenvalue weighted by molar-refractivity contribution is 0.0104. The molecule has 2 fully saturated rings. The van der Waals surface area contributed by atoms with Crippen LogP contribution in [0.2, 0.25) is 0 Å². The summed E-state index contributed by atoms with van der Waals surface area (Å²) in [4.78, 5) is 4.92. The highest BCUT2D eigenvalue weighted by Gasteiger charge is 2.38. The van der Waals surface area contributed by atoms with E-state index in [9.17, 15) is 4.39 Å². The Hall–Kier alpha value is -0.150. The summed E-state index contributed by atoms with van der Waals surface area (Å²) in [6.07, 6.45) is 5.24. The van der Waals surface area contributed by atoms with Crippen molar-refractivity contribution >= 4 is 0 Å². The molecule has 0 unspecified atom stereocenters. The lowest BCUT2D eigenvalue weighted by atomic mass is 9.71. The summed E-state index contributed by atoms with van der Waals surface area (Å²) in [5.74, 6) is 0. The van der Waals surface area contributed by atoms with Crippen LogP contribution in [0.15, 0.2) is 0 Å². The summed E-state index contributed by atoms with van der Waals surface area (Å²) >= 11 is 0. The van der Waals surface area contributed by atoms with Crippen molar-refractivity contribution < 1.29 is 4.39 Å². The highest BCUT2D eigenvalue weighted by molar-refractivity contribution is 4.92. The van der Waals surface area contributed by atoms with Gasteiger partial charge in [-0.15, -0.1) is 0 Å². The molecule has 2 nitrogen and oxygen atoms in total. The maximum atomic E-state index is 13.7. The summed E-state index contributed by atoms with van der Waals surface area (Å²) in [7, 11) is 0. The summed E-state index contributed by atoms with van der Waals surface area (Å²) in [6.45, 7) is 13.3. The molecular weight excluding hydrogens is 239 g/mol. The van der Waals surface area contributed by atoms with Gasteiger partial charge in [-0.3, -0.25) is 0 Å². The maximum Gasteiger partial charge on any atom is 0.118 e. The number of rotatable bonds is 3. The fourth-order valence-corrected chi connectivity index (χ4v) is 3.73. The minimum Gasteiger partial charge on any atom is -0.301 e. The van der Waals surface area contributed by atoms with E-state index in [0.29, 0.717) is 18.0 Å². The molecule has 2 saturated heterocycles. The van der Waals surface area contributed by atoms with Gasteiger partial charge >= 0.3 is 0 Å². The Morgan fingerprint density at radius 3 is 1.89 bits per heavy atom. The molecule has 0 aromatic heterocycles. The number of halogens is 1. The fourth-order valence-electron chi connectivity index (χ4n) is 3.73. The van der Waals surface area contributed by atoms with Crippen LogP contribution in [-0.4, -0.2) is 54.2 Å². The molecule has 1 spiro atoms. The van der Waals surface area contributed by atoms with Crippen molar-refractivity contribution in [2.75, 3.05) is 32.7 Å². The molecule has 0 aromatic carbocycles. The van der Waals surface area contributed by atoms with Gasteiger partial charge in [0.05, 0.1) is 0 Å². The molecule has 0 saturated carbocycles. The van der Waals surface area contributed by atoms with Crippen LogP contribution in [0.4, 0.5) is 4.39 Å². The summed E-state index contributed by atoms with van der Waals surface area (Å²) in [5.41, 5.74) is -0.478. The van der Waals surface area contributed by atoms with Gasteiger partial charge in [0.25, 0.3) is 0 Å². The molecule has 19 heavy (non-hydrogen) atoms. The van der Waals surface area contributed by atoms with Crippen LogP contribution in [0.25, 0.3) is 0 Å². The standard InChI is InChI=1S/C16H31FN2/c1-14(2)19-11-7-16(8-12-19)5-9-18(10-6-16)13-15(3,4)17/h14H,5-13H2,1-4H3. The monoisotopic (exact) mass is 270 g/mol. The second-order valence-electron chi connectivity index (χ2n) is 7.62. The van der Waals surface area contributed by atoms with Crippen LogP contribution in [0, 0.1) is 5.41 Å². The van der Waals surface area contributed by atoms with Gasteiger partial charge in [-0.1, -0.05) is 0 Å². The molecule has 2 aliphatic rings. The van der Waals surface area contributed by atoms with Gasteiger partial charge < -0.3 is 9.80 Å². The molecule has 112 valence electrons. The first-order valence-electron chi connectivity index (χ1n) is 7.95. The summed E-state index contributed by atoms with van der Waals surface area (Å²) in [6, 6.07) is 0.685. The summed E-state index contributed by atoms with van der Waals surface area (Å²) < 4.78 is 13.7. The Kier molecular flexibility index (Phi) is 4.56. The zero-order valence-corrected chi connectivity index (χ0v) is 13.2. The predicted octanol–water partition coefficient (Wildman–Crippen LogP) is 3.32. The second-order valence-corrected chi connectivity index (χ2v) is 7.62. The Balaban J connectivity index is 1.80. The van der Waals surface area contributed by atoms with E-state index in [4.69, 9.17) is 0 Å². The normalized spacial score (nSPS) is 26.2. The van der Waals surface area contributed by atoms with E-state index >= 15 is 0 Å². The number of hydrogen-bond donors (Lipinski definition) is 0. The quantitative estimate of drug-likeness (QED) is 0.776. The maximum absolute atomic E-state index is 13.7. The zero-order chi connectivity index (χ0) is 14.1. The minimum absolute atomic E-state index is 0.572. The molecule has 0 radical (unpaired) electrons. The Morgan fingerprint density at radius 2 is 1.47 bits per heavy atom. The van der Waals surface area contributed by atoms with Crippen molar-refractivity contribution in [3.05, 3.63) is 0 Å². The Bertz CT molecular complexity index is 278. The van der Waals surface area contributed by atoms with E-state index in [-0.39, 0.29) is 0 Å². The molecule has 3 heteroatoms. The fraction of sp³-hybridized carbons (Fsp3) is 1.00. The topological polar surface area (TPSA) is 6.48 Å². The van der Waals surface area contributed by atoms with Gasteiger partial charge in [-0.05, 0) is 85.0 Å². The van der Waals surface area contributed by atoms with Crippen molar-refractivity contribution in [1.29, 1.82) is 0 Å². The number of alkyl halides is 1. The van der Waals surface area contributed by atoms with Crippen molar-refractivity contribution in [2.24, 2.45) is 5.41 Å². The van der Waals surface area contributed by atoms with E-state index in [1.54, 1.807) is 13.8 Å². The van der Waals surface area contributed by atoms with E-state index in [1.807, 2.05) is 0 Å². The lowest BCUT2D eigenvalue weighted by Crippen LogP contribution is -2.49. The van der Waals surface area contributed by atoms with Crippen LogP contribution < -0.4 is 0 Å². The average molecular weight is 270 g/mol. The molecule has 0 bridgehead atoms. The number of likely N-dealkylation sites (tertiary alicyclic amines) is 2. The third kappa shape index (κ3) is 4.16. The number of piperidine rings is 2. The molecular formula is C16H31FN2. The Morgan fingerprint density at radius 1 is 1.00 bits per heavy atom. The van der Waals surface area contributed by atoms with E-state index in [2.05, 4.69) is 23.6 Å². The minimum atomic E-state index is -1.05. The first kappa shape index (κ1) is 15.2. The zero-order valence-electron chi connectivity index (χ0n) is 13.2. The van der Waals surface area contributed by atoms with Crippen molar-refractivity contribution in [3.63, 3.8) is 0 Å². The smallest absolute Gasteiger partial charge is 0.118 e. The average Bonchev–Trinajstić information content (AvgIpc) is 2.31. The Labute approximate surface area is 118 Å². The van der Waals surface area contributed by atoms with Crippen LogP contribution in [0.1, 0.15) is 53.4 Å². The second kappa shape index (κ2) is 5.69. The predicted molar refractivity (Wildman–Crippen MR) is 79.2 cm³/mol. The van der Waals surface area contributed by atoms with Crippen molar-refractivity contribution in [2.45, 2.75) is 65.1 Å². The number of hydrogen-bond acceptors (Lipinski definition) is 2. The van der Waals surface area contributed by atoms with Gasteiger partial charge in [0.1, 0.15) is 5.67 Å². The molecule has 0 aromatic rings. The summed E-state index contributed by atoms with van der Waals surface area (Å²) in [5, 5.41) is 0.